The van der Waals surface area contributed by atoms with E-state index in [0.717, 1.165) is 25.9 Å². The Bertz CT molecular complexity index is 1010. The van der Waals surface area contributed by atoms with Gasteiger partial charge in [-0.3, -0.25) is 14.2 Å². The van der Waals surface area contributed by atoms with Crippen molar-refractivity contribution in [1.82, 2.24) is 19.5 Å². The fraction of sp³-hybridized carbons (Fsp3) is 0.316. The summed E-state index contributed by atoms with van der Waals surface area (Å²) in [7, 11) is 0. The van der Waals surface area contributed by atoms with Crippen molar-refractivity contribution in [1.29, 1.82) is 0 Å². The van der Waals surface area contributed by atoms with Crippen LogP contribution in [0.2, 0.25) is 0 Å². The van der Waals surface area contributed by atoms with Crippen molar-refractivity contribution in [2.24, 2.45) is 0 Å². The molecule has 2 aromatic heterocycles. The molecule has 0 atom stereocenters. The van der Waals surface area contributed by atoms with Gasteiger partial charge >= 0.3 is 0 Å². The maximum Gasteiger partial charge on any atom is 0.261 e. The third-order valence-corrected chi connectivity index (χ3v) is 4.62. The second-order valence-corrected chi connectivity index (χ2v) is 6.52. The van der Waals surface area contributed by atoms with Gasteiger partial charge in [-0.1, -0.05) is 12.1 Å². The number of nitrogens with one attached hydrogen (secondary N) is 1. The zero-order valence-electron chi connectivity index (χ0n) is 14.8. The number of aryl methyl sites for hydroxylation is 1. The Balaban J connectivity index is 1.37. The molecule has 1 aliphatic rings. The molecule has 0 bridgehead atoms. The van der Waals surface area contributed by atoms with Crippen LogP contribution in [0, 0.1) is 0 Å². The van der Waals surface area contributed by atoms with Gasteiger partial charge in [0.15, 0.2) is 0 Å². The number of nitrogens with zero attached hydrogens (tertiary/aromatic N) is 5. The van der Waals surface area contributed by atoms with E-state index >= 15 is 0 Å². The predicted octanol–water partition coefficient (Wildman–Crippen LogP) is 1.82. The predicted molar refractivity (Wildman–Crippen MR) is 103 cm³/mol. The average Bonchev–Trinajstić information content (AvgIpc) is 3.23. The molecule has 1 fully saturated rings. The highest BCUT2D eigenvalue weighted by atomic mass is 16.2. The van der Waals surface area contributed by atoms with E-state index in [2.05, 4.69) is 25.2 Å². The number of carbonyl (C=O) groups is 1. The van der Waals surface area contributed by atoms with Crippen molar-refractivity contribution in [3.63, 3.8) is 0 Å². The highest BCUT2D eigenvalue weighted by molar-refractivity contribution is 5.90. The van der Waals surface area contributed by atoms with Crippen molar-refractivity contribution in [2.75, 3.05) is 23.3 Å². The molecular weight excluding hydrogens is 344 g/mol. The lowest BCUT2D eigenvalue weighted by Gasteiger charge is -2.14. The van der Waals surface area contributed by atoms with Crippen molar-refractivity contribution in [3.05, 3.63) is 53.3 Å². The molecule has 8 nitrogen and oxygen atoms in total. The number of carbonyl (C=O) groups excluding carboxylic acids is 1. The summed E-state index contributed by atoms with van der Waals surface area (Å²) in [5.41, 5.74) is 1.05. The first-order valence-electron chi connectivity index (χ1n) is 9.02. The highest BCUT2D eigenvalue weighted by Gasteiger charge is 2.14. The van der Waals surface area contributed by atoms with Crippen molar-refractivity contribution >= 4 is 28.4 Å². The molecule has 1 saturated heterocycles. The topological polar surface area (TPSA) is 93.0 Å². The van der Waals surface area contributed by atoms with Gasteiger partial charge < -0.3 is 10.2 Å². The van der Waals surface area contributed by atoms with E-state index in [4.69, 9.17) is 0 Å². The molecule has 8 heteroatoms. The van der Waals surface area contributed by atoms with Crippen LogP contribution in [0.25, 0.3) is 10.9 Å². The quantitative estimate of drug-likeness (QED) is 0.742. The largest absolute Gasteiger partial charge is 0.341 e. The number of hydrogen-bond acceptors (Lipinski definition) is 6. The van der Waals surface area contributed by atoms with Crippen LogP contribution < -0.4 is 15.8 Å². The van der Waals surface area contributed by atoms with Gasteiger partial charge in [0.2, 0.25) is 11.9 Å². The summed E-state index contributed by atoms with van der Waals surface area (Å²) in [5.74, 6) is 0.492. The van der Waals surface area contributed by atoms with E-state index in [9.17, 15) is 9.59 Å². The van der Waals surface area contributed by atoms with Gasteiger partial charge in [0.1, 0.15) is 0 Å². The molecule has 0 aliphatic carbocycles. The van der Waals surface area contributed by atoms with E-state index in [1.54, 1.807) is 30.6 Å². The lowest BCUT2D eigenvalue weighted by molar-refractivity contribution is -0.116. The van der Waals surface area contributed by atoms with E-state index in [0.29, 0.717) is 22.5 Å². The molecule has 1 N–H and O–H groups in total. The van der Waals surface area contributed by atoms with Gasteiger partial charge in [0.05, 0.1) is 35.3 Å². The summed E-state index contributed by atoms with van der Waals surface area (Å²) in [6.07, 6.45) is 7.18. The minimum Gasteiger partial charge on any atom is -0.341 e. The van der Waals surface area contributed by atoms with Crippen molar-refractivity contribution < 1.29 is 4.79 Å². The normalized spacial score (nSPS) is 13.9. The Morgan fingerprint density at radius 1 is 1.07 bits per heavy atom. The maximum absolute atomic E-state index is 12.4. The molecule has 1 amide bonds. The van der Waals surface area contributed by atoms with Crippen LogP contribution in [0.4, 0.5) is 11.6 Å². The first-order chi connectivity index (χ1) is 13.2. The number of benzene rings is 1. The number of anilines is 2. The number of para-hydroxylation sites is 1. The summed E-state index contributed by atoms with van der Waals surface area (Å²) in [4.78, 5) is 39.6. The summed E-state index contributed by atoms with van der Waals surface area (Å²) in [6, 6.07) is 7.16. The molecule has 0 saturated carbocycles. The van der Waals surface area contributed by atoms with Crippen molar-refractivity contribution in [3.8, 4) is 0 Å². The molecular formula is C19H20N6O2. The summed E-state index contributed by atoms with van der Waals surface area (Å²) >= 11 is 0. The third-order valence-electron chi connectivity index (χ3n) is 4.62. The van der Waals surface area contributed by atoms with Crippen LogP contribution in [0.3, 0.4) is 0 Å². The van der Waals surface area contributed by atoms with E-state index in [1.807, 2.05) is 6.07 Å². The lowest BCUT2D eigenvalue weighted by atomic mass is 10.2. The van der Waals surface area contributed by atoms with E-state index in [-0.39, 0.29) is 24.4 Å². The number of fused-ring (bicyclic) bond motifs is 1. The van der Waals surface area contributed by atoms with Crippen LogP contribution in [-0.2, 0) is 11.3 Å². The standard InChI is InChI=1S/C19H20N6O2/c26-17(23-14-11-20-19(21-12-14)24-8-3-4-9-24)7-10-25-13-22-16-6-2-1-5-15(16)18(25)27/h1-2,5-6,11-13H,3-4,7-10H2,(H,23,26). The SMILES string of the molecule is O=C(CCn1cnc2ccccc2c1=O)Nc1cnc(N2CCCC2)nc1. The van der Waals surface area contributed by atoms with Gasteiger partial charge in [-0.15, -0.1) is 0 Å². The minimum absolute atomic E-state index is 0.147. The second kappa shape index (κ2) is 7.53. The van der Waals surface area contributed by atoms with Gasteiger partial charge in [-0.25, -0.2) is 15.0 Å². The summed E-state index contributed by atoms with van der Waals surface area (Å²) < 4.78 is 1.45. The molecule has 0 unspecified atom stereocenters. The fourth-order valence-electron chi connectivity index (χ4n) is 3.18. The minimum atomic E-state index is -0.201. The van der Waals surface area contributed by atoms with Crippen molar-refractivity contribution in [2.45, 2.75) is 25.8 Å². The fourth-order valence-corrected chi connectivity index (χ4v) is 3.18. The molecule has 1 aliphatic heterocycles. The van der Waals surface area contributed by atoms with Crippen LogP contribution in [0.5, 0.6) is 0 Å². The van der Waals surface area contributed by atoms with Gasteiger partial charge in [-0.2, -0.15) is 0 Å². The number of hydrogen-bond donors (Lipinski definition) is 1. The third kappa shape index (κ3) is 3.79. The second-order valence-electron chi connectivity index (χ2n) is 6.52. The summed E-state index contributed by atoms with van der Waals surface area (Å²) in [6.45, 7) is 2.20. The van der Waals surface area contributed by atoms with Gasteiger partial charge in [0.25, 0.3) is 5.56 Å². The molecule has 3 aromatic rings. The smallest absolute Gasteiger partial charge is 0.261 e. The van der Waals surface area contributed by atoms with Gasteiger partial charge in [-0.05, 0) is 25.0 Å². The van der Waals surface area contributed by atoms with Crippen LogP contribution >= 0.6 is 0 Å². The molecule has 4 rings (SSSR count). The maximum atomic E-state index is 12.4. The first-order valence-corrected chi connectivity index (χ1v) is 9.02. The number of aromatic nitrogens is 4. The monoisotopic (exact) mass is 364 g/mol. The van der Waals surface area contributed by atoms with Crippen LogP contribution in [0.1, 0.15) is 19.3 Å². The lowest BCUT2D eigenvalue weighted by Crippen LogP contribution is -2.24. The zero-order chi connectivity index (χ0) is 18.6. The number of rotatable bonds is 5. The highest BCUT2D eigenvalue weighted by Crippen LogP contribution is 2.16. The molecule has 0 spiro atoms. The van der Waals surface area contributed by atoms with E-state index < -0.39 is 0 Å². The molecule has 27 heavy (non-hydrogen) atoms. The van der Waals surface area contributed by atoms with Crippen LogP contribution in [-0.4, -0.2) is 38.5 Å². The molecule has 3 heterocycles. The Labute approximate surface area is 155 Å². The molecule has 1 aromatic carbocycles. The zero-order valence-corrected chi connectivity index (χ0v) is 14.8. The van der Waals surface area contributed by atoms with Crippen LogP contribution in [0.15, 0.2) is 47.8 Å². The molecule has 138 valence electrons. The average molecular weight is 364 g/mol. The number of amides is 1. The first kappa shape index (κ1) is 17.1. The van der Waals surface area contributed by atoms with Gasteiger partial charge in [0, 0.05) is 26.1 Å². The Morgan fingerprint density at radius 2 is 1.81 bits per heavy atom. The Hall–Kier alpha value is -3.29. The van der Waals surface area contributed by atoms with E-state index in [1.165, 1.54) is 10.9 Å². The Kier molecular flexibility index (Phi) is 4.78. The summed E-state index contributed by atoms with van der Waals surface area (Å²) in [5, 5.41) is 3.32. The molecule has 0 radical (unpaired) electrons. The Morgan fingerprint density at radius 3 is 2.59 bits per heavy atom.